The minimum atomic E-state index is -4.69. The number of carbonyl (C=O) groups excluding carboxylic acids is 1. The molecule has 3 aromatic carbocycles. The molecule has 17 heteroatoms. The first-order valence-electron chi connectivity index (χ1n) is 23.6. The second-order valence-corrected chi connectivity index (χ2v) is 21.2. The summed E-state index contributed by atoms with van der Waals surface area (Å²) in [7, 11) is -3.00. The minimum absolute atomic E-state index is 0.00509. The third-order valence-corrected chi connectivity index (χ3v) is 16.6. The molecule has 5 aromatic rings. The van der Waals surface area contributed by atoms with Gasteiger partial charge in [0.1, 0.15) is 29.6 Å². The van der Waals surface area contributed by atoms with E-state index in [1.54, 1.807) is 19.2 Å². The van der Waals surface area contributed by atoms with Gasteiger partial charge in [0.15, 0.2) is 11.4 Å². The Morgan fingerprint density at radius 3 is 2.55 bits per heavy atom. The summed E-state index contributed by atoms with van der Waals surface area (Å²) >= 11 is 0. The van der Waals surface area contributed by atoms with Gasteiger partial charge >= 0.3 is 0 Å². The van der Waals surface area contributed by atoms with Crippen molar-refractivity contribution in [2.45, 2.75) is 113 Å². The Kier molecular flexibility index (Phi) is 12.1. The van der Waals surface area contributed by atoms with E-state index < -0.39 is 37.3 Å². The van der Waals surface area contributed by atoms with Crippen LogP contribution in [0.4, 0.5) is 21.5 Å². The van der Waals surface area contributed by atoms with Crippen LogP contribution in [-0.4, -0.2) is 85.7 Å². The Hall–Kier alpha value is -5.78. The number of piperidine rings is 1. The molecule has 0 radical (unpaired) electrons. The lowest BCUT2D eigenvalue weighted by atomic mass is 9.59. The molecule has 354 valence electrons. The number of carbonyl (C=O) groups is 1. The van der Waals surface area contributed by atoms with E-state index in [4.69, 9.17) is 14.2 Å². The summed E-state index contributed by atoms with van der Waals surface area (Å²) < 4.78 is 62.5. The van der Waals surface area contributed by atoms with Crippen molar-refractivity contribution in [2.75, 3.05) is 43.6 Å². The molecule has 15 nitrogen and oxygen atoms in total. The summed E-state index contributed by atoms with van der Waals surface area (Å²) in [6, 6.07) is 18.3. The number of aromatic nitrogens is 2. The van der Waals surface area contributed by atoms with Crippen LogP contribution in [0.25, 0.3) is 11.0 Å². The van der Waals surface area contributed by atoms with Crippen molar-refractivity contribution < 1.29 is 36.7 Å². The number of amides is 1. The van der Waals surface area contributed by atoms with Crippen molar-refractivity contribution >= 4 is 44.0 Å². The predicted molar refractivity (Wildman–Crippen MR) is 252 cm³/mol. The maximum atomic E-state index is 14.7. The summed E-state index contributed by atoms with van der Waals surface area (Å²) in [5, 5.41) is 15.8. The van der Waals surface area contributed by atoms with E-state index in [1.807, 2.05) is 0 Å². The molecule has 0 unspecified atom stereocenters. The quantitative estimate of drug-likeness (QED) is 0.0797. The topological polar surface area (TPSA) is 181 Å². The fourth-order valence-corrected chi connectivity index (χ4v) is 12.6. The van der Waals surface area contributed by atoms with Crippen molar-refractivity contribution in [3.8, 4) is 17.2 Å². The van der Waals surface area contributed by atoms with Gasteiger partial charge in [0.25, 0.3) is 21.6 Å². The molecule has 10 rings (SSSR count). The highest BCUT2D eigenvalue weighted by Crippen LogP contribution is 2.54. The number of anilines is 2. The number of hydrogen-bond donors (Lipinski definition) is 3. The van der Waals surface area contributed by atoms with Crippen LogP contribution >= 0.6 is 0 Å². The largest absolute Gasteiger partial charge is 0.489 e. The standard InChI is InChI=1S/C50H58FN7O8S/c1-30(2)37-7-4-5-8-38(37)43-9-6-18-57(43)33-25-50(26-33)16-19-56(20-17-50)32-12-15-39(45(21-32)66-35-22-40-41(51)28-53-48(40)52-27-35)49(59)55-67(62,63)36-23-44(58(60)61)47-46(24-36)65-29-42(54-47)31-10-13-34(64-3)14-11-31/h4-5,7-8,12,15,21-24,27-28,30-31,33-34,42-43,54H,6,9-11,13-14,16-20,25-26,29H2,1-3H3,(H,52,53)(H,55,59)/t31-,34+,42-,43-/m0/s1. The Balaban J connectivity index is 0.861. The number of aromatic amines is 1. The molecule has 4 fully saturated rings. The maximum Gasteiger partial charge on any atom is 0.297 e. The van der Waals surface area contributed by atoms with Gasteiger partial charge in [-0.25, -0.2) is 22.5 Å². The number of pyridine rings is 1. The zero-order chi connectivity index (χ0) is 46.6. The summed E-state index contributed by atoms with van der Waals surface area (Å²) in [6.45, 7) is 7.45. The first kappa shape index (κ1) is 45.0. The van der Waals surface area contributed by atoms with Gasteiger partial charge in [0.2, 0.25) is 0 Å². The Bertz CT molecular complexity index is 2800. The molecule has 0 bridgehead atoms. The number of likely N-dealkylation sites (tertiary alicyclic amines) is 1. The van der Waals surface area contributed by atoms with Crippen molar-refractivity contribution in [3.63, 3.8) is 0 Å². The molecule has 2 saturated heterocycles. The van der Waals surface area contributed by atoms with E-state index in [2.05, 4.69) is 67.9 Å². The molecule has 2 aromatic heterocycles. The summed E-state index contributed by atoms with van der Waals surface area (Å²) in [4.78, 5) is 37.4. The first-order chi connectivity index (χ1) is 32.3. The summed E-state index contributed by atoms with van der Waals surface area (Å²) in [6.07, 6.45) is 13.0. The van der Waals surface area contributed by atoms with Crippen molar-refractivity contribution in [1.82, 2.24) is 19.6 Å². The number of halogens is 1. The van der Waals surface area contributed by atoms with E-state index in [-0.39, 0.29) is 64.0 Å². The van der Waals surface area contributed by atoms with Gasteiger partial charge in [-0.2, -0.15) is 0 Å². The van der Waals surface area contributed by atoms with Crippen LogP contribution in [0, 0.1) is 27.3 Å². The number of benzene rings is 3. The molecule has 5 aliphatic rings. The van der Waals surface area contributed by atoms with Crippen molar-refractivity contribution in [1.29, 1.82) is 0 Å². The number of fused-ring (bicyclic) bond motifs is 2. The van der Waals surface area contributed by atoms with Crippen LogP contribution in [0.1, 0.15) is 112 Å². The van der Waals surface area contributed by atoms with E-state index in [9.17, 15) is 27.7 Å². The number of rotatable bonds is 12. The predicted octanol–water partition coefficient (Wildman–Crippen LogP) is 9.61. The second-order valence-electron chi connectivity index (χ2n) is 19.6. The molecule has 3 aliphatic heterocycles. The molecule has 2 saturated carbocycles. The van der Waals surface area contributed by atoms with Gasteiger partial charge < -0.3 is 29.4 Å². The van der Waals surface area contributed by atoms with E-state index in [0.29, 0.717) is 23.6 Å². The van der Waals surface area contributed by atoms with Gasteiger partial charge in [-0.3, -0.25) is 19.8 Å². The van der Waals surface area contributed by atoms with Gasteiger partial charge in [-0.15, -0.1) is 0 Å². The first-order valence-corrected chi connectivity index (χ1v) is 25.1. The number of nitro benzene ring substituents is 1. The number of hydrogen-bond acceptors (Lipinski definition) is 12. The van der Waals surface area contributed by atoms with Gasteiger partial charge in [-0.1, -0.05) is 38.1 Å². The molecule has 2 aliphatic carbocycles. The van der Waals surface area contributed by atoms with Crippen LogP contribution < -0.4 is 24.4 Å². The lowest BCUT2D eigenvalue weighted by molar-refractivity contribution is -0.384. The third kappa shape index (κ3) is 8.81. The van der Waals surface area contributed by atoms with Gasteiger partial charge in [-0.05, 0) is 117 Å². The SMILES string of the molecule is CO[C@H]1CC[C@@H]([C@@H]2COc3cc(S(=O)(=O)NC(=O)c4ccc(N5CCC6(CC5)CC(N5CCC[C@H]5c5ccccc5C(C)C)C6)cc4Oc4cnc5[nH]cc(F)c5c4)cc([N+](=O)[O-])c3N2)CC1. The summed E-state index contributed by atoms with van der Waals surface area (Å²) in [5.74, 6) is -0.717. The van der Waals surface area contributed by atoms with Crippen molar-refractivity contribution in [3.05, 3.63) is 106 Å². The number of nitrogens with one attached hydrogen (secondary N) is 3. The average molecular weight is 936 g/mol. The van der Waals surface area contributed by atoms with Crippen LogP contribution in [0.15, 0.2) is 78.0 Å². The number of sulfonamides is 1. The minimum Gasteiger partial charge on any atom is -0.489 e. The van der Waals surface area contributed by atoms with Gasteiger partial charge in [0.05, 0.1) is 39.1 Å². The van der Waals surface area contributed by atoms with Gasteiger partial charge in [0, 0.05) is 62.4 Å². The third-order valence-electron chi connectivity index (χ3n) is 15.3. The number of methoxy groups -OCH3 is 1. The van der Waals surface area contributed by atoms with E-state index in [0.717, 1.165) is 69.9 Å². The number of nitro groups is 1. The van der Waals surface area contributed by atoms with E-state index >= 15 is 0 Å². The number of ether oxygens (including phenoxy) is 3. The zero-order valence-electron chi connectivity index (χ0n) is 38.1. The molecular formula is C50H58FN7O8S. The average Bonchev–Trinajstić information content (AvgIpc) is 3.96. The molecule has 67 heavy (non-hydrogen) atoms. The lowest BCUT2D eigenvalue weighted by Gasteiger charge is -2.56. The Labute approximate surface area is 390 Å². The molecule has 1 amide bonds. The van der Waals surface area contributed by atoms with Crippen LogP contribution in [0.5, 0.6) is 17.2 Å². The Morgan fingerprint density at radius 2 is 1.81 bits per heavy atom. The maximum absolute atomic E-state index is 14.7. The van der Waals surface area contributed by atoms with E-state index in [1.165, 1.54) is 67.4 Å². The monoisotopic (exact) mass is 935 g/mol. The highest BCUT2D eigenvalue weighted by Gasteiger charge is 2.50. The smallest absolute Gasteiger partial charge is 0.297 e. The highest BCUT2D eigenvalue weighted by molar-refractivity contribution is 7.90. The molecule has 2 atom stereocenters. The van der Waals surface area contributed by atoms with Crippen LogP contribution in [0.2, 0.25) is 0 Å². The van der Waals surface area contributed by atoms with Crippen LogP contribution in [0.3, 0.4) is 0 Å². The fourth-order valence-electron chi connectivity index (χ4n) is 11.6. The molecule has 5 heterocycles. The molecule has 1 spiro atoms. The molecular weight excluding hydrogens is 878 g/mol. The van der Waals surface area contributed by atoms with Crippen molar-refractivity contribution in [2.24, 2.45) is 11.3 Å². The highest BCUT2D eigenvalue weighted by atomic mass is 32.2. The zero-order valence-corrected chi connectivity index (χ0v) is 38.9. The second kappa shape index (κ2) is 18.0. The number of H-pyrrole nitrogens is 1. The normalized spacial score (nSPS) is 23.1. The fraction of sp³-hybridized carbons (Fsp3) is 0.480. The summed E-state index contributed by atoms with van der Waals surface area (Å²) in [5.41, 5.74) is 3.78. The lowest BCUT2D eigenvalue weighted by Crippen LogP contribution is -2.54. The number of nitrogens with zero attached hydrogens (tertiary/aromatic N) is 4. The Morgan fingerprint density at radius 1 is 1.03 bits per heavy atom. The van der Waals surface area contributed by atoms with Crippen LogP contribution in [-0.2, 0) is 14.8 Å². The molecule has 3 N–H and O–H groups in total.